The Balaban J connectivity index is 2.78. The number of fused-ring (bicyclic) bond motifs is 1. The summed E-state index contributed by atoms with van der Waals surface area (Å²) < 4.78 is 0. The third kappa shape index (κ3) is 1.75. The maximum Gasteiger partial charge on any atom is 0.211 e. The van der Waals surface area contributed by atoms with Crippen LogP contribution < -0.4 is 0 Å². The Labute approximate surface area is 96.0 Å². The predicted octanol–water partition coefficient (Wildman–Crippen LogP) is 3.55. The van der Waals surface area contributed by atoms with Gasteiger partial charge in [0.2, 0.25) is 5.88 Å². The van der Waals surface area contributed by atoms with Gasteiger partial charge < -0.3 is 5.11 Å². The fourth-order valence-corrected chi connectivity index (χ4v) is 2.13. The molecule has 0 fully saturated rings. The summed E-state index contributed by atoms with van der Waals surface area (Å²) in [4.78, 5) is 4.20. The van der Waals surface area contributed by atoms with Gasteiger partial charge in [0, 0.05) is 11.5 Å². The van der Waals surface area contributed by atoms with Crippen LogP contribution in [0.4, 0.5) is 0 Å². The smallest absolute Gasteiger partial charge is 0.211 e. The molecular weight excluding hydrogens is 198 g/mol. The molecule has 84 valence electrons. The van der Waals surface area contributed by atoms with Gasteiger partial charge in [-0.25, -0.2) is 4.98 Å². The molecule has 0 aliphatic rings. The highest BCUT2D eigenvalue weighted by Gasteiger charge is 2.17. The molecule has 0 bridgehead atoms. The van der Waals surface area contributed by atoms with E-state index in [1.54, 1.807) is 6.07 Å². The van der Waals surface area contributed by atoms with E-state index in [0.29, 0.717) is 0 Å². The van der Waals surface area contributed by atoms with Crippen molar-refractivity contribution in [1.82, 2.24) is 4.98 Å². The third-order valence-electron chi connectivity index (χ3n) is 2.91. The van der Waals surface area contributed by atoms with Crippen LogP contribution >= 0.6 is 0 Å². The number of nitrogens with zero attached hydrogens (tertiary/aromatic N) is 1. The Hall–Kier alpha value is -1.57. The first-order valence-corrected chi connectivity index (χ1v) is 5.49. The maximum absolute atomic E-state index is 9.44. The molecule has 2 rings (SSSR count). The van der Waals surface area contributed by atoms with Crippen molar-refractivity contribution in [2.45, 2.75) is 33.1 Å². The normalized spacial score (nSPS) is 12.0. The van der Waals surface area contributed by atoms with Crippen molar-refractivity contribution in [1.29, 1.82) is 0 Å². The number of aryl methyl sites for hydroxylation is 1. The van der Waals surface area contributed by atoms with E-state index in [9.17, 15) is 5.11 Å². The minimum Gasteiger partial charge on any atom is -0.493 e. The maximum atomic E-state index is 9.44. The molecule has 0 aliphatic heterocycles. The third-order valence-corrected chi connectivity index (χ3v) is 2.91. The number of pyridine rings is 1. The molecule has 1 heterocycles. The lowest BCUT2D eigenvalue weighted by atomic mass is 9.83. The standard InChI is InChI=1S/C14H17NO/c1-9-11(14(2,3)4)7-5-10-6-8-12(16)15-13(9)10/h5-8H,1-4H3,(H,15,16). The van der Waals surface area contributed by atoms with Gasteiger partial charge in [0.1, 0.15) is 0 Å². The van der Waals surface area contributed by atoms with Crippen LogP contribution in [0.2, 0.25) is 0 Å². The highest BCUT2D eigenvalue weighted by Crippen LogP contribution is 2.30. The van der Waals surface area contributed by atoms with Crippen molar-refractivity contribution in [3.05, 3.63) is 35.4 Å². The predicted molar refractivity (Wildman–Crippen MR) is 66.8 cm³/mol. The number of benzene rings is 1. The highest BCUT2D eigenvalue weighted by atomic mass is 16.3. The van der Waals surface area contributed by atoms with Gasteiger partial charge in [0.15, 0.2) is 0 Å². The fraction of sp³-hybridized carbons (Fsp3) is 0.357. The Kier molecular flexibility index (Phi) is 2.38. The lowest BCUT2D eigenvalue weighted by Gasteiger charge is -2.22. The van der Waals surface area contributed by atoms with Gasteiger partial charge in [-0.05, 0) is 29.5 Å². The number of hydrogen-bond donors (Lipinski definition) is 1. The van der Waals surface area contributed by atoms with E-state index in [1.807, 2.05) is 6.07 Å². The van der Waals surface area contributed by atoms with Gasteiger partial charge in [-0.2, -0.15) is 0 Å². The van der Waals surface area contributed by atoms with Gasteiger partial charge in [-0.3, -0.25) is 0 Å². The Morgan fingerprint density at radius 1 is 1.06 bits per heavy atom. The second kappa shape index (κ2) is 3.48. The SMILES string of the molecule is Cc1c(C(C)(C)C)ccc2ccc(O)nc12. The Morgan fingerprint density at radius 2 is 1.69 bits per heavy atom. The summed E-state index contributed by atoms with van der Waals surface area (Å²) in [5.41, 5.74) is 3.43. The molecule has 2 heteroatoms. The van der Waals surface area contributed by atoms with E-state index in [-0.39, 0.29) is 11.3 Å². The summed E-state index contributed by atoms with van der Waals surface area (Å²) >= 11 is 0. The van der Waals surface area contributed by atoms with Gasteiger partial charge in [0.05, 0.1) is 5.52 Å². The van der Waals surface area contributed by atoms with Crippen molar-refractivity contribution < 1.29 is 5.11 Å². The monoisotopic (exact) mass is 215 g/mol. The van der Waals surface area contributed by atoms with Crippen LogP contribution in [0.3, 0.4) is 0 Å². The highest BCUT2D eigenvalue weighted by molar-refractivity contribution is 5.83. The van der Waals surface area contributed by atoms with Gasteiger partial charge in [-0.1, -0.05) is 32.9 Å². The average molecular weight is 215 g/mol. The van der Waals surface area contributed by atoms with E-state index >= 15 is 0 Å². The van der Waals surface area contributed by atoms with Crippen LogP contribution in [0.1, 0.15) is 31.9 Å². The summed E-state index contributed by atoms with van der Waals surface area (Å²) in [5, 5.41) is 10.5. The lowest BCUT2D eigenvalue weighted by molar-refractivity contribution is 0.455. The lowest BCUT2D eigenvalue weighted by Crippen LogP contribution is -2.13. The van der Waals surface area contributed by atoms with Gasteiger partial charge >= 0.3 is 0 Å². The molecular formula is C14H17NO. The zero-order chi connectivity index (χ0) is 11.9. The summed E-state index contributed by atoms with van der Waals surface area (Å²) in [6.45, 7) is 8.62. The average Bonchev–Trinajstić information content (AvgIpc) is 2.17. The molecule has 16 heavy (non-hydrogen) atoms. The van der Waals surface area contributed by atoms with Crippen molar-refractivity contribution in [3.8, 4) is 5.88 Å². The van der Waals surface area contributed by atoms with Gasteiger partial charge in [-0.15, -0.1) is 0 Å². The number of rotatable bonds is 0. The zero-order valence-electron chi connectivity index (χ0n) is 10.2. The molecule has 2 nitrogen and oxygen atoms in total. The molecule has 0 aliphatic carbocycles. The molecule has 0 spiro atoms. The van der Waals surface area contributed by atoms with Crippen LogP contribution in [0.5, 0.6) is 5.88 Å². The minimum absolute atomic E-state index is 0.0849. The van der Waals surface area contributed by atoms with E-state index in [4.69, 9.17) is 0 Å². The second-order valence-corrected chi connectivity index (χ2v) is 5.23. The van der Waals surface area contributed by atoms with E-state index in [2.05, 4.69) is 44.8 Å². The largest absolute Gasteiger partial charge is 0.493 e. The van der Waals surface area contributed by atoms with Crippen LogP contribution in [-0.4, -0.2) is 10.1 Å². The summed E-state index contributed by atoms with van der Waals surface area (Å²) in [6, 6.07) is 7.74. The van der Waals surface area contributed by atoms with Crippen molar-refractivity contribution >= 4 is 10.9 Å². The Bertz CT molecular complexity index is 538. The van der Waals surface area contributed by atoms with Gasteiger partial charge in [0.25, 0.3) is 0 Å². The van der Waals surface area contributed by atoms with Crippen molar-refractivity contribution in [2.75, 3.05) is 0 Å². The summed E-state index contributed by atoms with van der Waals surface area (Å²) in [7, 11) is 0. The van der Waals surface area contributed by atoms with Crippen LogP contribution in [0.25, 0.3) is 10.9 Å². The molecule has 1 N–H and O–H groups in total. The summed E-state index contributed by atoms with van der Waals surface area (Å²) in [5.74, 6) is 0.0849. The Morgan fingerprint density at radius 3 is 2.31 bits per heavy atom. The molecule has 0 atom stereocenters. The topological polar surface area (TPSA) is 33.1 Å². The van der Waals surface area contributed by atoms with Crippen molar-refractivity contribution in [3.63, 3.8) is 0 Å². The van der Waals surface area contributed by atoms with Crippen LogP contribution in [0.15, 0.2) is 24.3 Å². The first-order chi connectivity index (χ1) is 7.39. The quantitative estimate of drug-likeness (QED) is 0.729. The second-order valence-electron chi connectivity index (χ2n) is 5.23. The molecule has 0 unspecified atom stereocenters. The first-order valence-electron chi connectivity index (χ1n) is 5.49. The number of aromatic hydroxyl groups is 1. The minimum atomic E-state index is 0.0849. The van der Waals surface area contributed by atoms with Crippen LogP contribution in [0, 0.1) is 6.92 Å². The zero-order valence-corrected chi connectivity index (χ0v) is 10.2. The number of aromatic nitrogens is 1. The fourth-order valence-electron chi connectivity index (χ4n) is 2.13. The molecule has 1 aromatic heterocycles. The van der Waals surface area contributed by atoms with E-state index in [0.717, 1.165) is 16.5 Å². The van der Waals surface area contributed by atoms with Crippen molar-refractivity contribution in [2.24, 2.45) is 0 Å². The van der Waals surface area contributed by atoms with E-state index < -0.39 is 0 Å². The molecule has 2 aromatic rings. The van der Waals surface area contributed by atoms with Crippen LogP contribution in [-0.2, 0) is 5.41 Å². The first kappa shape index (κ1) is 10.9. The molecule has 0 amide bonds. The summed E-state index contributed by atoms with van der Waals surface area (Å²) in [6.07, 6.45) is 0. The number of hydrogen-bond acceptors (Lipinski definition) is 2. The molecule has 0 radical (unpaired) electrons. The molecule has 0 saturated heterocycles. The van der Waals surface area contributed by atoms with E-state index in [1.165, 1.54) is 5.56 Å². The molecule has 1 aromatic carbocycles. The molecule has 0 saturated carbocycles.